The summed E-state index contributed by atoms with van der Waals surface area (Å²) in [5.41, 5.74) is 0.661. The molecule has 27 heavy (non-hydrogen) atoms. The van der Waals surface area contributed by atoms with Gasteiger partial charge in [0.1, 0.15) is 9.79 Å². The van der Waals surface area contributed by atoms with Gasteiger partial charge in [0.05, 0.1) is 6.54 Å². The molecule has 1 saturated heterocycles. The van der Waals surface area contributed by atoms with Crippen LogP contribution in [0.5, 0.6) is 0 Å². The topological polar surface area (TPSA) is 79.6 Å². The summed E-state index contributed by atoms with van der Waals surface area (Å²) in [5, 5.41) is 3.66. The van der Waals surface area contributed by atoms with Gasteiger partial charge in [-0.25, -0.2) is 8.42 Å². The number of sulfonamides is 1. The normalized spacial score (nSPS) is 15.9. The van der Waals surface area contributed by atoms with Crippen LogP contribution < -0.4 is 5.32 Å². The maximum atomic E-state index is 12.7. The molecule has 1 aromatic carbocycles. The van der Waals surface area contributed by atoms with E-state index in [2.05, 4.69) is 5.32 Å². The Morgan fingerprint density at radius 3 is 2.67 bits per heavy atom. The molecular formula is C19H20N2O4S2. The van der Waals surface area contributed by atoms with Crippen LogP contribution in [0.4, 0.5) is 0 Å². The van der Waals surface area contributed by atoms with Gasteiger partial charge in [-0.15, -0.1) is 11.3 Å². The summed E-state index contributed by atoms with van der Waals surface area (Å²) in [6.45, 7) is 1.42. The molecule has 0 saturated carbocycles. The Balaban J connectivity index is 1.42. The number of thiophene rings is 1. The number of nitrogens with zero attached hydrogens (tertiary/aromatic N) is 1. The van der Waals surface area contributed by atoms with E-state index >= 15 is 0 Å². The first kappa shape index (κ1) is 18.2. The molecule has 3 aromatic rings. The van der Waals surface area contributed by atoms with Crippen molar-refractivity contribution in [3.05, 3.63) is 53.1 Å². The van der Waals surface area contributed by atoms with Crippen molar-refractivity contribution in [3.63, 3.8) is 0 Å². The van der Waals surface area contributed by atoms with Gasteiger partial charge in [0.25, 0.3) is 15.9 Å². The lowest BCUT2D eigenvalue weighted by Gasteiger charge is -2.25. The summed E-state index contributed by atoms with van der Waals surface area (Å²) in [4.78, 5) is 13.1. The minimum atomic E-state index is -3.43. The third kappa shape index (κ3) is 3.78. The number of hydrogen-bond donors (Lipinski definition) is 1. The molecular weight excluding hydrogens is 384 g/mol. The van der Waals surface area contributed by atoms with Crippen LogP contribution in [-0.4, -0.2) is 31.7 Å². The maximum absolute atomic E-state index is 12.7. The second kappa shape index (κ2) is 7.46. The van der Waals surface area contributed by atoms with Gasteiger partial charge in [0.15, 0.2) is 5.76 Å². The number of fused-ring (bicyclic) bond motifs is 1. The third-order valence-corrected chi connectivity index (χ3v) is 8.07. The quantitative estimate of drug-likeness (QED) is 0.705. The molecule has 0 bridgehead atoms. The molecule has 1 fully saturated rings. The molecule has 1 amide bonds. The summed E-state index contributed by atoms with van der Waals surface area (Å²) >= 11 is 1.20. The molecule has 0 radical (unpaired) electrons. The van der Waals surface area contributed by atoms with Crippen LogP contribution in [0.2, 0.25) is 0 Å². The third-order valence-electron chi connectivity index (χ3n) is 4.62. The van der Waals surface area contributed by atoms with Crippen LogP contribution in [0.15, 0.2) is 51.1 Å². The lowest BCUT2D eigenvalue weighted by atomic mass is 10.2. The lowest BCUT2D eigenvalue weighted by Crippen LogP contribution is -2.35. The van der Waals surface area contributed by atoms with Gasteiger partial charge in [-0.1, -0.05) is 24.6 Å². The molecule has 142 valence electrons. The average Bonchev–Trinajstić information content (AvgIpc) is 3.34. The van der Waals surface area contributed by atoms with Gasteiger partial charge < -0.3 is 9.73 Å². The SMILES string of the molecule is O=C(NCc1ccc(S(=O)(=O)N2CCCCC2)s1)c1cc2ccccc2o1. The van der Waals surface area contributed by atoms with Gasteiger partial charge in [0, 0.05) is 23.4 Å². The number of carbonyl (C=O) groups is 1. The monoisotopic (exact) mass is 404 g/mol. The minimum absolute atomic E-state index is 0.244. The van der Waals surface area contributed by atoms with Crippen LogP contribution >= 0.6 is 11.3 Å². The number of para-hydroxylation sites is 1. The smallest absolute Gasteiger partial charge is 0.287 e. The van der Waals surface area contributed by atoms with Crippen LogP contribution in [0.3, 0.4) is 0 Å². The highest BCUT2D eigenvalue weighted by atomic mass is 32.2. The Kier molecular flexibility index (Phi) is 5.03. The molecule has 1 N–H and O–H groups in total. The van der Waals surface area contributed by atoms with E-state index in [9.17, 15) is 13.2 Å². The minimum Gasteiger partial charge on any atom is -0.451 e. The van der Waals surface area contributed by atoms with Crippen molar-refractivity contribution in [2.24, 2.45) is 0 Å². The first-order chi connectivity index (χ1) is 13.0. The number of rotatable bonds is 5. The summed E-state index contributed by atoms with van der Waals surface area (Å²) in [6.07, 6.45) is 2.89. The Labute approximate surface area is 161 Å². The predicted molar refractivity (Wildman–Crippen MR) is 104 cm³/mol. The Bertz CT molecular complexity index is 1030. The van der Waals surface area contributed by atoms with E-state index in [-0.39, 0.29) is 18.2 Å². The van der Waals surface area contributed by atoms with Gasteiger partial charge in [-0.05, 0) is 37.1 Å². The molecule has 8 heteroatoms. The highest BCUT2D eigenvalue weighted by Gasteiger charge is 2.27. The number of carbonyl (C=O) groups excluding carboxylic acids is 1. The highest BCUT2D eigenvalue weighted by molar-refractivity contribution is 7.91. The summed E-state index contributed by atoms with van der Waals surface area (Å²) in [5.74, 6) is -0.0750. The zero-order valence-electron chi connectivity index (χ0n) is 14.7. The number of amides is 1. The largest absolute Gasteiger partial charge is 0.451 e. The van der Waals surface area contributed by atoms with E-state index < -0.39 is 10.0 Å². The lowest BCUT2D eigenvalue weighted by molar-refractivity contribution is 0.0925. The zero-order valence-corrected chi connectivity index (χ0v) is 16.3. The fourth-order valence-electron chi connectivity index (χ4n) is 3.17. The Hall–Kier alpha value is -2.16. The summed E-state index contributed by atoms with van der Waals surface area (Å²) in [7, 11) is -3.43. The van der Waals surface area contributed by atoms with Crippen molar-refractivity contribution < 1.29 is 17.6 Å². The van der Waals surface area contributed by atoms with Crippen molar-refractivity contribution in [2.75, 3.05) is 13.1 Å². The predicted octanol–water partition coefficient (Wildman–Crippen LogP) is 3.60. The van der Waals surface area contributed by atoms with E-state index in [1.807, 2.05) is 24.3 Å². The standard InChI is InChI=1S/C19H20N2O4S2/c22-19(17-12-14-6-2-3-7-16(14)25-17)20-13-15-8-9-18(26-15)27(23,24)21-10-4-1-5-11-21/h2-3,6-9,12H,1,4-5,10-11,13H2,(H,20,22). The molecule has 0 unspecified atom stereocenters. The number of hydrogen-bond acceptors (Lipinski definition) is 5. The Morgan fingerprint density at radius 2 is 1.89 bits per heavy atom. The zero-order chi connectivity index (χ0) is 18.9. The molecule has 6 nitrogen and oxygen atoms in total. The average molecular weight is 405 g/mol. The van der Waals surface area contributed by atoms with Crippen LogP contribution in [0.25, 0.3) is 11.0 Å². The fourth-order valence-corrected chi connectivity index (χ4v) is 6.14. The Morgan fingerprint density at radius 1 is 1.11 bits per heavy atom. The van der Waals surface area contributed by atoms with Gasteiger partial charge in [0.2, 0.25) is 0 Å². The first-order valence-corrected chi connectivity index (χ1v) is 11.2. The van der Waals surface area contributed by atoms with Gasteiger partial charge in [-0.2, -0.15) is 4.31 Å². The number of benzene rings is 1. The number of furan rings is 1. The van der Waals surface area contributed by atoms with Crippen LogP contribution in [0.1, 0.15) is 34.7 Å². The second-order valence-electron chi connectivity index (χ2n) is 6.52. The van der Waals surface area contributed by atoms with E-state index in [1.165, 1.54) is 11.3 Å². The van der Waals surface area contributed by atoms with Crippen molar-refractivity contribution in [2.45, 2.75) is 30.0 Å². The number of piperidine rings is 1. The summed E-state index contributed by atoms with van der Waals surface area (Å²) < 4.78 is 32.8. The van der Waals surface area contributed by atoms with E-state index in [0.717, 1.165) is 29.5 Å². The summed E-state index contributed by atoms with van der Waals surface area (Å²) in [6, 6.07) is 12.5. The van der Waals surface area contributed by atoms with Gasteiger partial charge >= 0.3 is 0 Å². The van der Waals surface area contributed by atoms with Crippen molar-refractivity contribution in [1.82, 2.24) is 9.62 Å². The fraction of sp³-hybridized carbons (Fsp3) is 0.316. The van der Waals surface area contributed by atoms with E-state index in [0.29, 0.717) is 22.9 Å². The highest BCUT2D eigenvalue weighted by Crippen LogP contribution is 2.27. The molecule has 0 aliphatic carbocycles. The van der Waals surface area contributed by atoms with Crippen molar-refractivity contribution in [3.8, 4) is 0 Å². The molecule has 1 aliphatic rings. The molecule has 0 atom stereocenters. The maximum Gasteiger partial charge on any atom is 0.287 e. The van der Waals surface area contributed by atoms with Crippen LogP contribution in [-0.2, 0) is 16.6 Å². The van der Waals surface area contributed by atoms with Gasteiger partial charge in [-0.3, -0.25) is 4.79 Å². The molecule has 3 heterocycles. The number of nitrogens with one attached hydrogen (secondary N) is 1. The second-order valence-corrected chi connectivity index (χ2v) is 9.85. The first-order valence-electron chi connectivity index (χ1n) is 8.90. The molecule has 4 rings (SSSR count). The molecule has 1 aliphatic heterocycles. The van der Waals surface area contributed by atoms with E-state index in [4.69, 9.17) is 4.42 Å². The molecule has 0 spiro atoms. The van der Waals surface area contributed by atoms with Crippen LogP contribution in [0, 0.1) is 0 Å². The van der Waals surface area contributed by atoms with Crippen molar-refractivity contribution >= 4 is 38.2 Å². The van der Waals surface area contributed by atoms with E-state index in [1.54, 1.807) is 22.5 Å². The van der Waals surface area contributed by atoms with Crippen molar-refractivity contribution in [1.29, 1.82) is 0 Å². The molecule has 2 aromatic heterocycles.